The van der Waals surface area contributed by atoms with Crippen LogP contribution in [-0.4, -0.2) is 20.5 Å². The van der Waals surface area contributed by atoms with Gasteiger partial charge in [0, 0.05) is 6.54 Å². The molecule has 4 aromatic carbocycles. The van der Waals surface area contributed by atoms with Crippen molar-refractivity contribution in [2.75, 3.05) is 5.32 Å². The number of anilines is 1. The summed E-state index contributed by atoms with van der Waals surface area (Å²) >= 11 is 0. The van der Waals surface area contributed by atoms with Crippen molar-refractivity contribution in [3.63, 3.8) is 0 Å². The molecule has 2 amide bonds. The maximum Gasteiger partial charge on any atom is 0.418 e. The molecular weight excluding hydrogens is 553 g/mol. The van der Waals surface area contributed by atoms with E-state index in [-0.39, 0.29) is 17.8 Å². The Morgan fingerprint density at radius 1 is 0.860 bits per heavy atom. The van der Waals surface area contributed by atoms with Gasteiger partial charge in [0.05, 0.1) is 33.9 Å². The highest BCUT2D eigenvalue weighted by molar-refractivity contribution is 5.90. The van der Waals surface area contributed by atoms with E-state index in [1.165, 1.54) is 27.7 Å². The molecule has 1 aromatic heterocycles. The van der Waals surface area contributed by atoms with Gasteiger partial charge < -0.3 is 10.2 Å². The van der Waals surface area contributed by atoms with E-state index < -0.39 is 23.8 Å². The average molecular weight is 585 g/mol. The first-order valence-electron chi connectivity index (χ1n) is 14.1. The lowest BCUT2D eigenvalue weighted by Crippen LogP contribution is -2.40. The number of alkyl halides is 3. The van der Waals surface area contributed by atoms with Gasteiger partial charge in [-0.05, 0) is 60.4 Å². The number of aromatic nitrogens is 2. The number of carbonyl (C=O) groups excluding carboxylic acids is 1. The van der Waals surface area contributed by atoms with Crippen molar-refractivity contribution in [1.29, 1.82) is 0 Å². The summed E-state index contributed by atoms with van der Waals surface area (Å²) in [6.45, 7) is 3.95. The largest absolute Gasteiger partial charge is 0.418 e. The summed E-state index contributed by atoms with van der Waals surface area (Å²) in [5.41, 5.74) is 1.29. The molecule has 9 heteroatoms. The standard InChI is InChI=1S/C34H31F3N4O2/c1-3-23-18-20-25(21-19-23)41-31(38-28-16-10-8-14-26(28)32(41)42)30(4-2)40(22-24-12-6-5-7-13-24)33(43)39-29-17-11-9-15-27(29)34(35,36)37/h5-21,30H,3-4,22H2,1-2H3,(H,39,43). The number of amides is 2. The van der Waals surface area contributed by atoms with Gasteiger partial charge >= 0.3 is 12.2 Å². The third-order valence-corrected chi connectivity index (χ3v) is 7.40. The Labute approximate surface area is 247 Å². The number of carbonyl (C=O) groups is 1. The third kappa shape index (κ3) is 6.30. The maximum atomic E-state index is 14.0. The van der Waals surface area contributed by atoms with E-state index in [0.717, 1.165) is 23.6 Å². The number of rotatable bonds is 8. The first-order valence-corrected chi connectivity index (χ1v) is 14.1. The Hall–Kier alpha value is -4.92. The van der Waals surface area contributed by atoms with Crippen LogP contribution >= 0.6 is 0 Å². The number of para-hydroxylation sites is 2. The quantitative estimate of drug-likeness (QED) is 0.200. The molecule has 0 radical (unpaired) electrons. The van der Waals surface area contributed by atoms with Crippen LogP contribution in [0.2, 0.25) is 0 Å². The SMILES string of the molecule is CCc1ccc(-n2c(C(CC)N(Cc3ccccc3)C(=O)Nc3ccccc3C(F)(F)F)nc3ccccc3c2=O)cc1. The topological polar surface area (TPSA) is 67.2 Å². The molecule has 1 atom stereocenters. The highest BCUT2D eigenvalue weighted by atomic mass is 19.4. The van der Waals surface area contributed by atoms with Crippen LogP contribution in [0.3, 0.4) is 0 Å². The minimum absolute atomic E-state index is 0.0663. The van der Waals surface area contributed by atoms with E-state index in [1.54, 1.807) is 24.3 Å². The minimum Gasteiger partial charge on any atom is -0.310 e. The zero-order valence-electron chi connectivity index (χ0n) is 23.8. The summed E-state index contributed by atoms with van der Waals surface area (Å²) < 4.78 is 42.9. The lowest BCUT2D eigenvalue weighted by atomic mass is 10.1. The number of hydrogen-bond donors (Lipinski definition) is 1. The van der Waals surface area contributed by atoms with Crippen LogP contribution in [0.1, 0.15) is 48.8 Å². The number of fused-ring (bicyclic) bond motifs is 1. The van der Waals surface area contributed by atoms with Crippen molar-refractivity contribution in [3.05, 3.63) is 136 Å². The van der Waals surface area contributed by atoms with E-state index in [0.29, 0.717) is 28.8 Å². The van der Waals surface area contributed by atoms with E-state index in [1.807, 2.05) is 68.4 Å². The van der Waals surface area contributed by atoms with Gasteiger partial charge in [-0.25, -0.2) is 9.78 Å². The molecule has 6 nitrogen and oxygen atoms in total. The molecule has 0 saturated carbocycles. The lowest BCUT2D eigenvalue weighted by Gasteiger charge is -2.33. The lowest BCUT2D eigenvalue weighted by molar-refractivity contribution is -0.136. The van der Waals surface area contributed by atoms with Gasteiger partial charge in [0.25, 0.3) is 5.56 Å². The fourth-order valence-electron chi connectivity index (χ4n) is 5.18. The summed E-state index contributed by atoms with van der Waals surface area (Å²) in [7, 11) is 0. The Morgan fingerprint density at radius 2 is 1.51 bits per heavy atom. The Kier molecular flexibility index (Phi) is 8.61. The van der Waals surface area contributed by atoms with E-state index in [2.05, 4.69) is 5.32 Å². The first-order chi connectivity index (χ1) is 20.7. The van der Waals surface area contributed by atoms with Gasteiger partial charge in [0.1, 0.15) is 5.82 Å². The number of hydrogen-bond acceptors (Lipinski definition) is 3. The van der Waals surface area contributed by atoms with Crippen molar-refractivity contribution in [1.82, 2.24) is 14.5 Å². The van der Waals surface area contributed by atoms with Gasteiger partial charge in [0.2, 0.25) is 0 Å². The summed E-state index contributed by atoms with van der Waals surface area (Å²) in [6.07, 6.45) is -3.51. The monoisotopic (exact) mass is 584 g/mol. The molecule has 1 N–H and O–H groups in total. The van der Waals surface area contributed by atoms with Crippen molar-refractivity contribution in [3.8, 4) is 5.69 Å². The molecule has 0 aliphatic heterocycles. The minimum atomic E-state index is -4.66. The van der Waals surface area contributed by atoms with Crippen molar-refractivity contribution in [2.24, 2.45) is 0 Å². The molecule has 0 spiro atoms. The van der Waals surface area contributed by atoms with Crippen molar-refractivity contribution >= 4 is 22.6 Å². The van der Waals surface area contributed by atoms with Crippen LogP contribution in [0.25, 0.3) is 16.6 Å². The fraction of sp³-hybridized carbons (Fsp3) is 0.206. The highest BCUT2D eigenvalue weighted by Gasteiger charge is 2.35. The number of aryl methyl sites for hydroxylation is 1. The second-order valence-electron chi connectivity index (χ2n) is 10.2. The molecule has 5 rings (SSSR count). The molecule has 0 bridgehead atoms. The van der Waals surface area contributed by atoms with E-state index in [9.17, 15) is 22.8 Å². The van der Waals surface area contributed by atoms with Crippen molar-refractivity contribution in [2.45, 2.75) is 45.5 Å². The Bertz CT molecular complexity index is 1780. The molecule has 0 aliphatic rings. The summed E-state index contributed by atoms with van der Waals surface area (Å²) in [5, 5.41) is 2.92. The number of benzene rings is 4. The number of nitrogens with zero attached hydrogens (tertiary/aromatic N) is 3. The smallest absolute Gasteiger partial charge is 0.310 e. The summed E-state index contributed by atoms with van der Waals surface area (Å²) in [4.78, 5) is 34.3. The van der Waals surface area contributed by atoms with Crippen LogP contribution in [-0.2, 0) is 19.1 Å². The molecule has 0 fully saturated rings. The van der Waals surface area contributed by atoms with Crippen molar-refractivity contribution < 1.29 is 18.0 Å². The highest BCUT2D eigenvalue weighted by Crippen LogP contribution is 2.35. The molecule has 0 saturated heterocycles. The van der Waals surface area contributed by atoms with Crippen LogP contribution < -0.4 is 10.9 Å². The van der Waals surface area contributed by atoms with Gasteiger partial charge in [-0.1, -0.05) is 80.6 Å². The number of urea groups is 1. The third-order valence-electron chi connectivity index (χ3n) is 7.40. The van der Waals surface area contributed by atoms with Crippen LogP contribution in [0.5, 0.6) is 0 Å². The van der Waals surface area contributed by atoms with Crippen LogP contribution in [0, 0.1) is 0 Å². The molecular formula is C34H31F3N4O2. The molecule has 1 unspecified atom stereocenters. The number of nitrogens with one attached hydrogen (secondary N) is 1. The molecule has 220 valence electrons. The van der Waals surface area contributed by atoms with Gasteiger partial charge in [-0.2, -0.15) is 13.2 Å². The number of halogens is 3. The van der Waals surface area contributed by atoms with Crippen LogP contribution in [0.4, 0.5) is 23.7 Å². The first kappa shape index (κ1) is 29.6. The predicted molar refractivity (Wildman–Crippen MR) is 162 cm³/mol. The molecule has 5 aromatic rings. The average Bonchev–Trinajstić information content (AvgIpc) is 3.01. The summed E-state index contributed by atoms with van der Waals surface area (Å²) in [6, 6.07) is 27.0. The van der Waals surface area contributed by atoms with Gasteiger partial charge in [-0.3, -0.25) is 9.36 Å². The second kappa shape index (κ2) is 12.5. The fourth-order valence-corrected chi connectivity index (χ4v) is 5.18. The van der Waals surface area contributed by atoms with E-state index >= 15 is 0 Å². The molecule has 0 aliphatic carbocycles. The Morgan fingerprint density at radius 3 is 2.19 bits per heavy atom. The zero-order valence-corrected chi connectivity index (χ0v) is 23.8. The summed E-state index contributed by atoms with van der Waals surface area (Å²) in [5.74, 6) is 0.311. The van der Waals surface area contributed by atoms with Gasteiger partial charge in [-0.15, -0.1) is 0 Å². The molecule has 1 heterocycles. The molecule has 43 heavy (non-hydrogen) atoms. The second-order valence-corrected chi connectivity index (χ2v) is 10.2. The van der Waals surface area contributed by atoms with E-state index in [4.69, 9.17) is 4.98 Å². The maximum absolute atomic E-state index is 14.0. The zero-order chi connectivity index (χ0) is 30.6. The van der Waals surface area contributed by atoms with Gasteiger partial charge in [0.15, 0.2) is 0 Å². The van der Waals surface area contributed by atoms with Crippen LogP contribution in [0.15, 0.2) is 108 Å². The Balaban J connectivity index is 1.68. The predicted octanol–water partition coefficient (Wildman–Crippen LogP) is 8.15. The normalized spacial score (nSPS) is 12.2.